The highest BCUT2D eigenvalue weighted by Crippen LogP contribution is 2.46. The summed E-state index contributed by atoms with van der Waals surface area (Å²) in [6.07, 6.45) is 24.8. The van der Waals surface area contributed by atoms with Crippen LogP contribution >= 0.6 is 0 Å². The lowest BCUT2D eigenvalue weighted by Crippen LogP contribution is -2.74. The van der Waals surface area contributed by atoms with E-state index in [0.717, 1.165) is 49.6 Å². The summed E-state index contributed by atoms with van der Waals surface area (Å²) in [5.41, 5.74) is 0. The molecule has 42 heavy (non-hydrogen) atoms. The molecule has 0 aromatic carbocycles. The Balaban J connectivity index is 1.19. The summed E-state index contributed by atoms with van der Waals surface area (Å²) in [6, 6.07) is 0. The Morgan fingerprint density at radius 3 is 1.57 bits per heavy atom. The minimum atomic E-state index is -0.543. The molecule has 6 aliphatic rings. The molecule has 5 saturated carbocycles. The summed E-state index contributed by atoms with van der Waals surface area (Å²) in [7, 11) is 0. The Hall–Kier alpha value is -0.760. The summed E-state index contributed by atoms with van der Waals surface area (Å²) in [5, 5.41) is 35.3. The van der Waals surface area contributed by atoms with Crippen LogP contribution in [0.25, 0.3) is 0 Å². The third-order valence-corrected chi connectivity index (χ3v) is 13.0. The molecule has 0 aromatic rings. The predicted octanol–water partition coefficient (Wildman–Crippen LogP) is 5.38. The van der Waals surface area contributed by atoms with E-state index in [9.17, 15) is 10.2 Å². The average Bonchev–Trinajstić information content (AvgIpc) is 3.02. The van der Waals surface area contributed by atoms with Gasteiger partial charge in [-0.1, -0.05) is 63.5 Å². The number of aliphatic hydroxyl groups is 2. The monoisotopic (exact) mass is 582 g/mol. The fourth-order valence-electron chi connectivity index (χ4n) is 10.7. The number of nitrogens with one attached hydrogen (secondary N) is 3. The number of hydrogen-bond donors (Lipinski definition) is 5. The molecule has 1 aliphatic heterocycles. The number of hydrogen-bond acceptors (Lipinski definition) is 6. The first kappa shape index (κ1) is 31.2. The van der Waals surface area contributed by atoms with Crippen LogP contribution in [-0.2, 0) is 0 Å². The Bertz CT molecular complexity index is 832. The van der Waals surface area contributed by atoms with Crippen LogP contribution in [0.1, 0.15) is 103 Å². The molecule has 6 heteroatoms. The molecule has 12 atom stereocenters. The van der Waals surface area contributed by atoms with Gasteiger partial charge in [-0.2, -0.15) is 0 Å². The van der Waals surface area contributed by atoms with Gasteiger partial charge in [0.1, 0.15) is 0 Å². The van der Waals surface area contributed by atoms with Crippen molar-refractivity contribution >= 4 is 0 Å². The van der Waals surface area contributed by atoms with Crippen LogP contribution in [0.3, 0.4) is 0 Å². The molecule has 5 aliphatic carbocycles. The van der Waals surface area contributed by atoms with E-state index in [-0.39, 0.29) is 18.0 Å². The number of fused-ring (bicyclic) bond motifs is 2. The molecule has 0 spiro atoms. The second-order valence-electron chi connectivity index (χ2n) is 15.4. The molecule has 12 unspecified atom stereocenters. The molecule has 1 heterocycles. The van der Waals surface area contributed by atoms with Gasteiger partial charge in [0.2, 0.25) is 0 Å². The lowest BCUT2D eigenvalue weighted by Gasteiger charge is -2.53. The van der Waals surface area contributed by atoms with Gasteiger partial charge in [-0.05, 0) is 86.9 Å². The molecular weight excluding hydrogens is 520 g/mol. The van der Waals surface area contributed by atoms with E-state index in [1.807, 2.05) is 12.2 Å². The summed E-state index contributed by atoms with van der Waals surface area (Å²) >= 11 is 0. The van der Waals surface area contributed by atoms with Crippen LogP contribution in [0, 0.1) is 47.3 Å². The van der Waals surface area contributed by atoms with E-state index in [0.29, 0.717) is 30.7 Å². The Kier molecular flexibility index (Phi) is 10.8. The van der Waals surface area contributed by atoms with Crippen molar-refractivity contribution in [3.05, 3.63) is 25.3 Å². The molecule has 5 N–H and O–H groups in total. The van der Waals surface area contributed by atoms with E-state index in [2.05, 4.69) is 34.0 Å². The van der Waals surface area contributed by atoms with Crippen molar-refractivity contribution in [1.82, 2.24) is 20.9 Å². The van der Waals surface area contributed by atoms with Crippen LogP contribution in [0.15, 0.2) is 25.3 Å². The lowest BCUT2D eigenvalue weighted by molar-refractivity contribution is -0.0899. The Morgan fingerprint density at radius 2 is 1.05 bits per heavy atom. The first-order chi connectivity index (χ1) is 20.5. The normalized spacial score (nSPS) is 46.4. The van der Waals surface area contributed by atoms with Gasteiger partial charge in [-0.15, -0.1) is 13.2 Å². The molecule has 1 saturated heterocycles. The minimum absolute atomic E-state index is 0.0756. The van der Waals surface area contributed by atoms with Crippen molar-refractivity contribution in [2.24, 2.45) is 47.3 Å². The van der Waals surface area contributed by atoms with Crippen molar-refractivity contribution in [2.75, 3.05) is 19.6 Å². The van der Waals surface area contributed by atoms with Crippen LogP contribution in [-0.4, -0.2) is 65.5 Å². The summed E-state index contributed by atoms with van der Waals surface area (Å²) < 4.78 is 0. The zero-order valence-electron chi connectivity index (χ0n) is 26.4. The third kappa shape index (κ3) is 7.05. The molecule has 6 rings (SSSR count). The van der Waals surface area contributed by atoms with Gasteiger partial charge in [0.15, 0.2) is 0 Å². The third-order valence-electron chi connectivity index (χ3n) is 13.0. The first-order valence-electron chi connectivity index (χ1n) is 18.1. The Morgan fingerprint density at radius 1 is 0.571 bits per heavy atom. The summed E-state index contributed by atoms with van der Waals surface area (Å²) in [5.74, 6) is 5.01. The number of rotatable bonds is 9. The van der Waals surface area contributed by atoms with Crippen LogP contribution in [0.5, 0.6) is 0 Å². The van der Waals surface area contributed by atoms with Gasteiger partial charge < -0.3 is 10.2 Å². The molecule has 0 radical (unpaired) electrons. The molecule has 0 bridgehead atoms. The smallest absolute Gasteiger partial charge is 0.0661 e. The molecule has 6 fully saturated rings. The van der Waals surface area contributed by atoms with Crippen molar-refractivity contribution < 1.29 is 10.2 Å². The first-order valence-corrected chi connectivity index (χ1v) is 18.1. The largest absolute Gasteiger partial charge is 0.393 e. The van der Waals surface area contributed by atoms with E-state index >= 15 is 0 Å². The van der Waals surface area contributed by atoms with Crippen molar-refractivity contribution in [1.29, 1.82) is 0 Å². The SMILES string of the molecule is C=CCN(CC=C)CC1C(O)CCC(C2NC(C3CCC4CCCCC4C3)NC(C3CCC4CCCCC4C3)N2)C1O. The summed E-state index contributed by atoms with van der Waals surface area (Å²) in [4.78, 5) is 2.25. The van der Waals surface area contributed by atoms with Gasteiger partial charge in [0.25, 0.3) is 0 Å². The van der Waals surface area contributed by atoms with Crippen molar-refractivity contribution in [3.8, 4) is 0 Å². The van der Waals surface area contributed by atoms with E-state index < -0.39 is 12.2 Å². The van der Waals surface area contributed by atoms with Crippen LogP contribution in [0.4, 0.5) is 0 Å². The minimum Gasteiger partial charge on any atom is -0.393 e. The number of aliphatic hydroxyl groups excluding tert-OH is 2. The predicted molar refractivity (Wildman–Crippen MR) is 171 cm³/mol. The van der Waals surface area contributed by atoms with Gasteiger partial charge in [0, 0.05) is 31.5 Å². The maximum absolute atomic E-state index is 11.9. The van der Waals surface area contributed by atoms with E-state index in [4.69, 9.17) is 0 Å². The van der Waals surface area contributed by atoms with Gasteiger partial charge in [0.05, 0.1) is 30.7 Å². The van der Waals surface area contributed by atoms with Crippen molar-refractivity contribution in [2.45, 2.75) is 133 Å². The maximum Gasteiger partial charge on any atom is 0.0661 e. The van der Waals surface area contributed by atoms with E-state index in [1.54, 1.807) is 0 Å². The topological polar surface area (TPSA) is 79.8 Å². The Labute approximate surface area is 256 Å². The zero-order chi connectivity index (χ0) is 29.1. The number of nitrogens with zero attached hydrogens (tertiary/aromatic N) is 1. The highest BCUT2D eigenvalue weighted by Gasteiger charge is 2.47. The van der Waals surface area contributed by atoms with Crippen LogP contribution < -0.4 is 16.0 Å². The van der Waals surface area contributed by atoms with E-state index in [1.165, 1.54) is 89.9 Å². The molecule has 0 amide bonds. The van der Waals surface area contributed by atoms with Gasteiger partial charge in [-0.25, -0.2) is 0 Å². The lowest BCUT2D eigenvalue weighted by atomic mass is 9.65. The van der Waals surface area contributed by atoms with Crippen LogP contribution in [0.2, 0.25) is 0 Å². The average molecular weight is 583 g/mol. The van der Waals surface area contributed by atoms with Crippen molar-refractivity contribution in [3.63, 3.8) is 0 Å². The standard InChI is InChI=1S/C36H62N4O2/c1-3-19-40(20-4-2)23-31-32(41)18-17-30(33(31)42)36-38-34(28-15-13-24-9-5-7-11-26(24)21-28)37-35(39-36)29-16-14-25-10-6-8-12-27(25)22-29/h3-4,24-39,41-42H,1-2,5-23H2. The van der Waals surface area contributed by atoms with Gasteiger partial charge in [-0.3, -0.25) is 20.9 Å². The maximum atomic E-state index is 11.9. The zero-order valence-corrected chi connectivity index (χ0v) is 26.4. The molecule has 0 aromatic heterocycles. The summed E-state index contributed by atoms with van der Waals surface area (Å²) in [6.45, 7) is 10.0. The second-order valence-corrected chi connectivity index (χ2v) is 15.4. The van der Waals surface area contributed by atoms with Gasteiger partial charge >= 0.3 is 0 Å². The highest BCUT2D eigenvalue weighted by atomic mass is 16.3. The molecule has 6 nitrogen and oxygen atoms in total. The fraction of sp³-hybridized carbons (Fsp3) is 0.889. The highest BCUT2D eigenvalue weighted by molar-refractivity contribution is 5.01. The fourth-order valence-corrected chi connectivity index (χ4v) is 10.7. The quantitative estimate of drug-likeness (QED) is 0.235. The molecule has 238 valence electrons. The second kappa shape index (κ2) is 14.6. The molecular formula is C36H62N4O2.